The van der Waals surface area contributed by atoms with Gasteiger partial charge in [-0.2, -0.15) is 0 Å². The highest BCUT2D eigenvalue weighted by Gasteiger charge is 2.22. The molecule has 0 fully saturated rings. The number of carbonyl (C=O) groups is 1. The molecule has 0 aliphatic carbocycles. The standard InChI is InChI=1S/C15H17ClN2O4S2/c1-3-18(9-10-4-7-14(16)23-10)15(19)12-8-11(24(17,20)21)5-6-13(12)22-2/h4-8H,3,9H2,1-2H3,(H2,17,20,21). The summed E-state index contributed by atoms with van der Waals surface area (Å²) in [5.74, 6) is -0.0561. The summed E-state index contributed by atoms with van der Waals surface area (Å²) in [4.78, 5) is 15.2. The lowest BCUT2D eigenvalue weighted by molar-refractivity contribution is 0.0750. The number of hydrogen-bond acceptors (Lipinski definition) is 5. The zero-order valence-corrected chi connectivity index (χ0v) is 15.5. The minimum Gasteiger partial charge on any atom is -0.496 e. The monoisotopic (exact) mass is 388 g/mol. The molecule has 0 radical (unpaired) electrons. The van der Waals surface area contributed by atoms with Gasteiger partial charge in [0.15, 0.2) is 0 Å². The Kier molecular flexibility index (Phi) is 5.87. The zero-order chi connectivity index (χ0) is 17.9. The molecule has 0 atom stereocenters. The minimum absolute atomic E-state index is 0.137. The molecule has 0 bridgehead atoms. The van der Waals surface area contributed by atoms with Gasteiger partial charge in [-0.1, -0.05) is 11.6 Å². The van der Waals surface area contributed by atoms with Crippen LogP contribution >= 0.6 is 22.9 Å². The lowest BCUT2D eigenvalue weighted by atomic mass is 10.1. The Bertz CT molecular complexity index is 849. The Labute approximate surface area is 149 Å². The first-order chi connectivity index (χ1) is 11.3. The van der Waals surface area contributed by atoms with Gasteiger partial charge in [-0.25, -0.2) is 13.6 Å². The number of nitrogens with zero attached hydrogens (tertiary/aromatic N) is 1. The number of hydrogen-bond donors (Lipinski definition) is 1. The molecule has 0 spiro atoms. The molecule has 1 heterocycles. The third kappa shape index (κ3) is 4.27. The number of primary sulfonamides is 1. The summed E-state index contributed by atoms with van der Waals surface area (Å²) in [6, 6.07) is 7.58. The molecule has 130 valence electrons. The first-order valence-electron chi connectivity index (χ1n) is 7.00. The van der Waals surface area contributed by atoms with Crippen molar-refractivity contribution in [3.05, 3.63) is 45.1 Å². The average Bonchev–Trinajstić information content (AvgIpc) is 2.95. The molecule has 2 N–H and O–H groups in total. The Morgan fingerprint density at radius 2 is 2.04 bits per heavy atom. The van der Waals surface area contributed by atoms with Crippen LogP contribution in [0.5, 0.6) is 5.75 Å². The van der Waals surface area contributed by atoms with Crippen molar-refractivity contribution in [2.45, 2.75) is 18.4 Å². The fourth-order valence-electron chi connectivity index (χ4n) is 2.15. The van der Waals surface area contributed by atoms with E-state index in [9.17, 15) is 13.2 Å². The van der Waals surface area contributed by atoms with Gasteiger partial charge in [0.1, 0.15) is 5.75 Å². The number of halogens is 1. The van der Waals surface area contributed by atoms with Gasteiger partial charge in [-0.05, 0) is 37.3 Å². The van der Waals surface area contributed by atoms with Crippen LogP contribution in [0.2, 0.25) is 4.34 Å². The van der Waals surface area contributed by atoms with Gasteiger partial charge in [-0.15, -0.1) is 11.3 Å². The highest BCUT2D eigenvalue weighted by molar-refractivity contribution is 7.89. The number of rotatable bonds is 6. The number of methoxy groups -OCH3 is 1. The molecule has 0 saturated carbocycles. The maximum atomic E-state index is 12.8. The van der Waals surface area contributed by atoms with Gasteiger partial charge < -0.3 is 9.64 Å². The van der Waals surface area contributed by atoms with Crippen LogP contribution in [0, 0.1) is 0 Å². The van der Waals surface area contributed by atoms with E-state index in [1.165, 1.54) is 36.6 Å². The number of thiophene rings is 1. The predicted octanol–water partition coefficient (Wildman–Crippen LogP) is 2.72. The first-order valence-corrected chi connectivity index (χ1v) is 9.74. The Hall–Kier alpha value is -1.61. The molecule has 0 aliphatic rings. The Balaban J connectivity index is 2.38. The number of benzene rings is 1. The minimum atomic E-state index is -3.91. The highest BCUT2D eigenvalue weighted by atomic mass is 35.5. The molecule has 0 saturated heterocycles. The van der Waals surface area contributed by atoms with E-state index in [4.69, 9.17) is 21.5 Å². The van der Waals surface area contributed by atoms with E-state index in [0.717, 1.165) is 4.88 Å². The largest absolute Gasteiger partial charge is 0.496 e. The fraction of sp³-hybridized carbons (Fsp3) is 0.267. The number of sulfonamides is 1. The molecular weight excluding hydrogens is 372 g/mol. The zero-order valence-electron chi connectivity index (χ0n) is 13.2. The molecule has 2 aromatic rings. The van der Waals surface area contributed by atoms with E-state index in [-0.39, 0.29) is 22.1 Å². The molecule has 6 nitrogen and oxygen atoms in total. The number of ether oxygens (including phenoxy) is 1. The van der Waals surface area contributed by atoms with Crippen molar-refractivity contribution in [3.63, 3.8) is 0 Å². The SMILES string of the molecule is CCN(Cc1ccc(Cl)s1)C(=O)c1cc(S(N)(=O)=O)ccc1OC. The lowest BCUT2D eigenvalue weighted by Gasteiger charge is -2.21. The Morgan fingerprint density at radius 3 is 2.54 bits per heavy atom. The fourth-order valence-corrected chi connectivity index (χ4v) is 3.80. The van der Waals surface area contributed by atoms with Gasteiger partial charge in [0.05, 0.1) is 28.4 Å². The van der Waals surface area contributed by atoms with Crippen molar-refractivity contribution in [2.75, 3.05) is 13.7 Å². The third-order valence-corrected chi connectivity index (χ3v) is 5.50. The second-order valence-electron chi connectivity index (χ2n) is 4.93. The van der Waals surface area contributed by atoms with Gasteiger partial charge in [-0.3, -0.25) is 4.79 Å². The van der Waals surface area contributed by atoms with Crippen LogP contribution in [0.4, 0.5) is 0 Å². The van der Waals surface area contributed by atoms with E-state index in [2.05, 4.69) is 0 Å². The average molecular weight is 389 g/mol. The van der Waals surface area contributed by atoms with Crippen molar-refractivity contribution in [1.29, 1.82) is 0 Å². The highest BCUT2D eigenvalue weighted by Crippen LogP contribution is 2.26. The van der Waals surface area contributed by atoms with Crippen LogP contribution < -0.4 is 9.88 Å². The molecule has 9 heteroatoms. The summed E-state index contributed by atoms with van der Waals surface area (Å²) in [6.45, 7) is 2.65. The van der Waals surface area contributed by atoms with Crippen LogP contribution in [0.1, 0.15) is 22.2 Å². The van der Waals surface area contributed by atoms with Crippen LogP contribution in [-0.2, 0) is 16.6 Å². The van der Waals surface area contributed by atoms with Gasteiger partial charge >= 0.3 is 0 Å². The maximum Gasteiger partial charge on any atom is 0.257 e. The molecule has 2 rings (SSSR count). The summed E-state index contributed by atoms with van der Waals surface area (Å²) in [5.41, 5.74) is 0.147. The van der Waals surface area contributed by atoms with Crippen LogP contribution in [0.3, 0.4) is 0 Å². The van der Waals surface area contributed by atoms with Crippen molar-refractivity contribution in [3.8, 4) is 5.75 Å². The first kappa shape index (κ1) is 18.7. The molecular formula is C15H17ClN2O4S2. The van der Waals surface area contributed by atoms with Crippen molar-refractivity contribution >= 4 is 38.9 Å². The van der Waals surface area contributed by atoms with Crippen LogP contribution in [0.15, 0.2) is 35.2 Å². The topological polar surface area (TPSA) is 89.7 Å². The number of amides is 1. The smallest absolute Gasteiger partial charge is 0.257 e. The summed E-state index contributed by atoms with van der Waals surface area (Å²) in [6.07, 6.45) is 0. The molecule has 0 aliphatic heterocycles. The second-order valence-corrected chi connectivity index (χ2v) is 8.29. The maximum absolute atomic E-state index is 12.8. The van der Waals surface area contributed by atoms with Crippen LogP contribution in [0.25, 0.3) is 0 Å². The van der Waals surface area contributed by atoms with Crippen molar-refractivity contribution in [1.82, 2.24) is 4.90 Å². The van der Waals surface area contributed by atoms with Crippen molar-refractivity contribution in [2.24, 2.45) is 5.14 Å². The van der Waals surface area contributed by atoms with E-state index in [1.807, 2.05) is 13.0 Å². The van der Waals surface area contributed by atoms with Gasteiger partial charge in [0.2, 0.25) is 10.0 Å². The van der Waals surface area contributed by atoms with Crippen LogP contribution in [-0.4, -0.2) is 32.9 Å². The molecule has 1 aromatic carbocycles. The van der Waals surface area contributed by atoms with E-state index < -0.39 is 10.0 Å². The third-order valence-electron chi connectivity index (χ3n) is 3.37. The number of carbonyl (C=O) groups excluding carboxylic acids is 1. The van der Waals surface area contributed by atoms with Gasteiger partial charge in [0, 0.05) is 11.4 Å². The molecule has 1 amide bonds. The molecule has 0 unspecified atom stereocenters. The van der Waals surface area contributed by atoms with E-state index in [1.54, 1.807) is 11.0 Å². The summed E-state index contributed by atoms with van der Waals surface area (Å²) in [5, 5.41) is 5.15. The second kappa shape index (κ2) is 7.52. The summed E-state index contributed by atoms with van der Waals surface area (Å²) >= 11 is 7.30. The quantitative estimate of drug-likeness (QED) is 0.823. The predicted molar refractivity (Wildman–Crippen MR) is 94.1 cm³/mol. The molecule has 24 heavy (non-hydrogen) atoms. The number of nitrogens with two attached hydrogens (primary N) is 1. The normalized spacial score (nSPS) is 11.3. The van der Waals surface area contributed by atoms with Gasteiger partial charge in [0.25, 0.3) is 5.91 Å². The Morgan fingerprint density at radius 1 is 1.33 bits per heavy atom. The summed E-state index contributed by atoms with van der Waals surface area (Å²) in [7, 11) is -2.50. The molecule has 1 aromatic heterocycles. The van der Waals surface area contributed by atoms with Crippen molar-refractivity contribution < 1.29 is 17.9 Å². The van der Waals surface area contributed by atoms with E-state index >= 15 is 0 Å². The lowest BCUT2D eigenvalue weighted by Crippen LogP contribution is -2.30. The van der Waals surface area contributed by atoms with E-state index in [0.29, 0.717) is 17.4 Å². The summed E-state index contributed by atoms with van der Waals surface area (Å²) < 4.78 is 28.9.